The highest BCUT2D eigenvalue weighted by Crippen LogP contribution is 2.27. The van der Waals surface area contributed by atoms with Crippen LogP contribution in [0.2, 0.25) is 0 Å². The molecule has 0 N–H and O–H groups in total. The zero-order valence-electron chi connectivity index (χ0n) is 14.1. The summed E-state index contributed by atoms with van der Waals surface area (Å²) in [7, 11) is 0. The van der Waals surface area contributed by atoms with Gasteiger partial charge in [0.15, 0.2) is 5.82 Å². The van der Waals surface area contributed by atoms with E-state index >= 15 is 0 Å². The smallest absolute Gasteiger partial charge is 0.255 e. The number of amides is 1. The van der Waals surface area contributed by atoms with Crippen molar-refractivity contribution in [2.24, 2.45) is 0 Å². The molecule has 7 nitrogen and oxygen atoms in total. The number of nitrogens with zero attached hydrogens (tertiary/aromatic N) is 4. The molecular formula is C18H18N4O3. The van der Waals surface area contributed by atoms with E-state index in [1.54, 1.807) is 11.8 Å². The molecule has 0 bridgehead atoms. The van der Waals surface area contributed by atoms with Crippen LogP contribution in [0.4, 0.5) is 0 Å². The molecule has 0 unspecified atom stereocenters. The summed E-state index contributed by atoms with van der Waals surface area (Å²) in [4.78, 5) is 23.9. The number of ether oxygens (including phenoxy) is 1. The Labute approximate surface area is 144 Å². The lowest BCUT2D eigenvalue weighted by Gasteiger charge is -2.34. The quantitative estimate of drug-likeness (QED) is 0.714. The fourth-order valence-corrected chi connectivity index (χ4v) is 3.15. The number of benzene rings is 1. The first-order valence-electron chi connectivity index (χ1n) is 8.19. The van der Waals surface area contributed by atoms with E-state index in [0.29, 0.717) is 37.0 Å². The maximum atomic E-state index is 13.3. The molecule has 0 spiro atoms. The van der Waals surface area contributed by atoms with Crippen molar-refractivity contribution in [1.82, 2.24) is 20.0 Å². The minimum atomic E-state index is -0.356. The number of para-hydroxylation sites is 1. The van der Waals surface area contributed by atoms with Crippen LogP contribution in [0.5, 0.6) is 0 Å². The van der Waals surface area contributed by atoms with Crippen LogP contribution in [0.25, 0.3) is 10.9 Å². The normalized spacial score (nSPS) is 17.8. The van der Waals surface area contributed by atoms with Crippen molar-refractivity contribution < 1.29 is 14.1 Å². The largest absolute Gasteiger partial charge is 0.377 e. The average molecular weight is 338 g/mol. The number of aromatic nitrogens is 3. The van der Waals surface area contributed by atoms with Gasteiger partial charge in [-0.3, -0.25) is 9.78 Å². The monoisotopic (exact) mass is 338 g/mol. The van der Waals surface area contributed by atoms with Gasteiger partial charge in [-0.25, -0.2) is 0 Å². The minimum absolute atomic E-state index is 0.0718. The zero-order chi connectivity index (χ0) is 17.4. The average Bonchev–Trinajstić information content (AvgIpc) is 3.06. The van der Waals surface area contributed by atoms with Gasteiger partial charge in [0.05, 0.1) is 24.3 Å². The summed E-state index contributed by atoms with van der Waals surface area (Å²) in [6.45, 7) is 4.94. The van der Waals surface area contributed by atoms with Crippen LogP contribution < -0.4 is 0 Å². The molecule has 0 saturated carbocycles. The topological polar surface area (TPSA) is 81.4 Å². The molecule has 7 heteroatoms. The number of morpholine rings is 1. The van der Waals surface area contributed by atoms with Gasteiger partial charge in [-0.1, -0.05) is 23.4 Å². The van der Waals surface area contributed by atoms with E-state index in [1.807, 2.05) is 37.3 Å². The number of hydrogen-bond acceptors (Lipinski definition) is 6. The van der Waals surface area contributed by atoms with Gasteiger partial charge in [0.1, 0.15) is 6.04 Å². The molecule has 3 heterocycles. The van der Waals surface area contributed by atoms with Crippen LogP contribution >= 0.6 is 0 Å². The fourth-order valence-electron chi connectivity index (χ4n) is 3.15. The van der Waals surface area contributed by atoms with Crippen LogP contribution in [0, 0.1) is 13.8 Å². The summed E-state index contributed by atoms with van der Waals surface area (Å²) in [5, 5.41) is 4.81. The molecule has 3 aromatic rings. The van der Waals surface area contributed by atoms with E-state index in [0.717, 1.165) is 16.6 Å². The van der Waals surface area contributed by atoms with Gasteiger partial charge in [-0.2, -0.15) is 4.98 Å². The standard InChI is InChI=1S/C18H18N4O3/c1-11-9-14(13-5-3-4-6-15(13)19-11)18(23)22-7-8-24-10-16(22)17-20-12(2)25-21-17/h3-6,9,16H,7-8,10H2,1-2H3/t16-/m0/s1. The predicted octanol–water partition coefficient (Wildman–Crippen LogP) is 2.45. The van der Waals surface area contributed by atoms with Crippen molar-refractivity contribution in [2.75, 3.05) is 19.8 Å². The van der Waals surface area contributed by atoms with Gasteiger partial charge >= 0.3 is 0 Å². The maximum Gasteiger partial charge on any atom is 0.255 e. The number of carbonyl (C=O) groups excluding carboxylic acids is 1. The molecule has 1 atom stereocenters. The highest BCUT2D eigenvalue weighted by atomic mass is 16.5. The molecule has 1 aromatic carbocycles. The summed E-state index contributed by atoms with van der Waals surface area (Å²) in [6, 6.07) is 9.14. The third-order valence-corrected chi connectivity index (χ3v) is 4.31. The van der Waals surface area contributed by atoms with Crippen LogP contribution in [-0.4, -0.2) is 45.7 Å². The van der Waals surface area contributed by atoms with Crippen LogP contribution in [0.15, 0.2) is 34.9 Å². The Morgan fingerprint density at radius 2 is 2.08 bits per heavy atom. The van der Waals surface area contributed by atoms with Crippen molar-refractivity contribution in [1.29, 1.82) is 0 Å². The molecule has 0 aliphatic carbocycles. The molecule has 4 rings (SSSR count). The summed E-state index contributed by atoms with van der Waals surface area (Å²) in [5.41, 5.74) is 2.25. The highest BCUT2D eigenvalue weighted by molar-refractivity contribution is 6.06. The highest BCUT2D eigenvalue weighted by Gasteiger charge is 2.33. The van der Waals surface area contributed by atoms with Gasteiger partial charge in [0.2, 0.25) is 5.89 Å². The predicted molar refractivity (Wildman–Crippen MR) is 90.1 cm³/mol. The molecule has 25 heavy (non-hydrogen) atoms. The molecule has 128 valence electrons. The Balaban J connectivity index is 1.76. The van der Waals surface area contributed by atoms with Gasteiger partial charge in [-0.05, 0) is 19.1 Å². The molecule has 1 fully saturated rings. The number of carbonyl (C=O) groups is 1. The van der Waals surface area contributed by atoms with Gasteiger partial charge < -0.3 is 14.2 Å². The van der Waals surface area contributed by atoms with E-state index < -0.39 is 0 Å². The molecule has 0 radical (unpaired) electrons. The number of fused-ring (bicyclic) bond motifs is 1. The summed E-state index contributed by atoms with van der Waals surface area (Å²) in [5.74, 6) is 0.872. The van der Waals surface area contributed by atoms with E-state index in [-0.39, 0.29) is 11.9 Å². The Kier molecular flexibility index (Phi) is 3.93. The van der Waals surface area contributed by atoms with E-state index in [1.165, 1.54) is 0 Å². The van der Waals surface area contributed by atoms with Crippen LogP contribution in [0.3, 0.4) is 0 Å². The summed E-state index contributed by atoms with van der Waals surface area (Å²) >= 11 is 0. The molecule has 1 aliphatic heterocycles. The Morgan fingerprint density at radius 1 is 1.24 bits per heavy atom. The van der Waals surface area contributed by atoms with Crippen molar-refractivity contribution in [3.8, 4) is 0 Å². The number of pyridine rings is 1. The van der Waals surface area contributed by atoms with Gasteiger partial charge in [0.25, 0.3) is 5.91 Å². The number of aryl methyl sites for hydroxylation is 2. The lowest BCUT2D eigenvalue weighted by Crippen LogP contribution is -2.44. The van der Waals surface area contributed by atoms with E-state index in [9.17, 15) is 4.79 Å². The third kappa shape index (κ3) is 2.87. The third-order valence-electron chi connectivity index (χ3n) is 4.31. The first-order chi connectivity index (χ1) is 12.1. The van der Waals surface area contributed by atoms with E-state index in [4.69, 9.17) is 9.26 Å². The SMILES string of the molecule is Cc1cc(C(=O)N2CCOC[C@H]2c2noc(C)n2)c2ccccc2n1. The zero-order valence-corrected chi connectivity index (χ0v) is 14.1. The second kappa shape index (κ2) is 6.25. The second-order valence-corrected chi connectivity index (χ2v) is 6.09. The molecule has 2 aromatic heterocycles. The molecular weight excluding hydrogens is 320 g/mol. The first kappa shape index (κ1) is 15.7. The van der Waals surface area contributed by atoms with Crippen molar-refractivity contribution in [3.63, 3.8) is 0 Å². The second-order valence-electron chi connectivity index (χ2n) is 6.09. The van der Waals surface area contributed by atoms with Crippen molar-refractivity contribution >= 4 is 16.8 Å². The number of hydrogen-bond donors (Lipinski definition) is 0. The maximum absolute atomic E-state index is 13.3. The van der Waals surface area contributed by atoms with Gasteiger partial charge in [0, 0.05) is 24.5 Å². The number of rotatable bonds is 2. The van der Waals surface area contributed by atoms with E-state index in [2.05, 4.69) is 15.1 Å². The summed E-state index contributed by atoms with van der Waals surface area (Å²) < 4.78 is 10.6. The molecule has 1 amide bonds. The van der Waals surface area contributed by atoms with Crippen molar-refractivity contribution in [3.05, 3.63) is 53.3 Å². The van der Waals surface area contributed by atoms with Crippen LogP contribution in [-0.2, 0) is 4.74 Å². The van der Waals surface area contributed by atoms with Crippen molar-refractivity contribution in [2.45, 2.75) is 19.9 Å². The van der Waals surface area contributed by atoms with Crippen LogP contribution in [0.1, 0.15) is 33.8 Å². The fraction of sp³-hybridized carbons (Fsp3) is 0.333. The van der Waals surface area contributed by atoms with Gasteiger partial charge in [-0.15, -0.1) is 0 Å². The lowest BCUT2D eigenvalue weighted by atomic mass is 10.0. The molecule has 1 saturated heterocycles. The Morgan fingerprint density at radius 3 is 2.88 bits per heavy atom. The Hall–Kier alpha value is -2.80. The minimum Gasteiger partial charge on any atom is -0.377 e. The lowest BCUT2D eigenvalue weighted by molar-refractivity contribution is -0.00567. The first-order valence-corrected chi connectivity index (χ1v) is 8.19. The summed E-state index contributed by atoms with van der Waals surface area (Å²) in [6.07, 6.45) is 0. The molecule has 1 aliphatic rings. The Bertz CT molecular complexity index is 937.